The minimum absolute atomic E-state index is 0.342. The molecule has 0 aliphatic carbocycles. The highest BCUT2D eigenvalue weighted by Crippen LogP contribution is 2.30. The van der Waals surface area contributed by atoms with Crippen molar-refractivity contribution in [1.29, 1.82) is 0 Å². The minimum Gasteiger partial charge on any atom is -0.370 e. The molecule has 1 saturated heterocycles. The van der Waals surface area contributed by atoms with Gasteiger partial charge in [-0.25, -0.2) is 0 Å². The second-order valence-corrected chi connectivity index (χ2v) is 7.42. The molecule has 2 amide bonds. The molecule has 3 N–H and O–H groups in total. The highest BCUT2D eigenvalue weighted by molar-refractivity contribution is 6.37. The number of nitrogens with zero attached hydrogens (tertiary/aromatic N) is 1. The molecule has 0 unspecified atom stereocenters. The maximum atomic E-state index is 12.5. The minimum atomic E-state index is -0.543. The smallest absolute Gasteiger partial charge is 0.248 e. The van der Waals surface area contributed by atoms with Crippen molar-refractivity contribution in [2.75, 3.05) is 23.3 Å². The van der Waals surface area contributed by atoms with E-state index in [0.29, 0.717) is 26.9 Å². The average Bonchev–Trinajstić information content (AvgIpc) is 2.68. The van der Waals surface area contributed by atoms with Crippen molar-refractivity contribution < 1.29 is 9.59 Å². The fourth-order valence-electron chi connectivity index (χ4n) is 3.20. The molecule has 1 aliphatic heterocycles. The molecular formula is C21H21Cl2N3O2. The van der Waals surface area contributed by atoms with Crippen LogP contribution >= 0.6 is 23.2 Å². The number of nitrogens with two attached hydrogens (primary N) is 1. The molecule has 7 heteroatoms. The number of benzene rings is 2. The lowest BCUT2D eigenvalue weighted by Crippen LogP contribution is -2.30. The Hall–Kier alpha value is -2.50. The zero-order chi connectivity index (χ0) is 20.1. The Bertz CT molecular complexity index is 902. The zero-order valence-electron chi connectivity index (χ0n) is 15.3. The summed E-state index contributed by atoms with van der Waals surface area (Å²) in [6, 6.07) is 10.3. The van der Waals surface area contributed by atoms with Gasteiger partial charge in [-0.1, -0.05) is 29.3 Å². The van der Waals surface area contributed by atoms with Crippen LogP contribution in [0.2, 0.25) is 10.0 Å². The average molecular weight is 418 g/mol. The summed E-state index contributed by atoms with van der Waals surface area (Å²) >= 11 is 12.3. The molecular weight excluding hydrogens is 397 g/mol. The fraction of sp³-hybridized carbons (Fsp3) is 0.238. The zero-order valence-corrected chi connectivity index (χ0v) is 16.8. The quantitative estimate of drug-likeness (QED) is 0.689. The number of carbonyl (C=O) groups is 2. The summed E-state index contributed by atoms with van der Waals surface area (Å²) in [6.45, 7) is 1.81. The molecule has 0 saturated carbocycles. The number of halogens is 2. The maximum absolute atomic E-state index is 12.5. The topological polar surface area (TPSA) is 75.4 Å². The Morgan fingerprint density at radius 3 is 2.36 bits per heavy atom. The van der Waals surface area contributed by atoms with E-state index >= 15 is 0 Å². The number of anilines is 2. The number of piperidine rings is 1. The van der Waals surface area contributed by atoms with E-state index < -0.39 is 5.91 Å². The largest absolute Gasteiger partial charge is 0.370 e. The summed E-state index contributed by atoms with van der Waals surface area (Å²) in [7, 11) is 0. The van der Waals surface area contributed by atoms with Crippen LogP contribution in [0.5, 0.6) is 0 Å². The summed E-state index contributed by atoms with van der Waals surface area (Å²) in [5.74, 6) is -0.894. The third kappa shape index (κ3) is 4.86. The van der Waals surface area contributed by atoms with Gasteiger partial charge < -0.3 is 16.0 Å². The van der Waals surface area contributed by atoms with Crippen LogP contribution in [0.25, 0.3) is 6.08 Å². The molecule has 0 spiro atoms. The lowest BCUT2D eigenvalue weighted by Gasteiger charge is -2.30. The van der Waals surface area contributed by atoms with Crippen molar-refractivity contribution in [2.45, 2.75) is 19.3 Å². The van der Waals surface area contributed by atoms with Crippen LogP contribution < -0.4 is 16.0 Å². The molecule has 146 valence electrons. The van der Waals surface area contributed by atoms with E-state index in [1.54, 1.807) is 36.4 Å². The molecule has 5 nitrogen and oxygen atoms in total. The predicted octanol–water partition coefficient (Wildman–Crippen LogP) is 4.73. The Kier molecular flexibility index (Phi) is 6.60. The van der Waals surface area contributed by atoms with E-state index in [2.05, 4.69) is 10.2 Å². The SMILES string of the molecule is NC(=O)c1ccc(N2CCCCC2)c(NC(=O)C=Cc2c(Cl)cccc2Cl)c1. The van der Waals surface area contributed by atoms with Crippen LogP contribution in [-0.2, 0) is 4.79 Å². The van der Waals surface area contributed by atoms with Crippen LogP contribution in [0.15, 0.2) is 42.5 Å². The molecule has 2 aromatic carbocycles. The van der Waals surface area contributed by atoms with Crippen molar-refractivity contribution in [3.05, 3.63) is 63.6 Å². The van der Waals surface area contributed by atoms with Crippen molar-refractivity contribution in [1.82, 2.24) is 0 Å². The third-order valence-electron chi connectivity index (χ3n) is 4.64. The first-order chi connectivity index (χ1) is 13.5. The Morgan fingerprint density at radius 1 is 1.04 bits per heavy atom. The van der Waals surface area contributed by atoms with Crippen molar-refractivity contribution in [3.8, 4) is 0 Å². The van der Waals surface area contributed by atoms with Gasteiger partial charge in [-0.15, -0.1) is 0 Å². The summed E-state index contributed by atoms with van der Waals surface area (Å²) < 4.78 is 0. The van der Waals surface area contributed by atoms with Gasteiger partial charge >= 0.3 is 0 Å². The van der Waals surface area contributed by atoms with E-state index in [1.807, 2.05) is 6.07 Å². The predicted molar refractivity (Wildman–Crippen MR) is 115 cm³/mol. The first kappa shape index (κ1) is 20.2. The van der Waals surface area contributed by atoms with Gasteiger partial charge in [0.1, 0.15) is 0 Å². The van der Waals surface area contributed by atoms with E-state index in [9.17, 15) is 9.59 Å². The molecule has 3 rings (SSSR count). The van der Waals surface area contributed by atoms with E-state index in [-0.39, 0.29) is 5.91 Å². The summed E-state index contributed by atoms with van der Waals surface area (Å²) in [6.07, 6.45) is 6.31. The van der Waals surface area contributed by atoms with Crippen LogP contribution in [0.3, 0.4) is 0 Å². The van der Waals surface area contributed by atoms with Gasteiger partial charge in [0, 0.05) is 40.3 Å². The summed E-state index contributed by atoms with van der Waals surface area (Å²) in [5.41, 5.74) is 7.75. The van der Waals surface area contributed by atoms with Gasteiger partial charge in [-0.05, 0) is 55.7 Å². The monoisotopic (exact) mass is 417 g/mol. The number of carbonyl (C=O) groups excluding carboxylic acids is 2. The molecule has 0 atom stereocenters. The Labute approximate surface area is 174 Å². The standard InChI is InChI=1S/C21H21Cl2N3O2/c22-16-5-4-6-17(23)15(16)8-10-20(27)25-18-13-14(21(24)28)7-9-19(18)26-11-2-1-3-12-26/h4-10,13H,1-3,11-12H2,(H2,24,28)(H,25,27). The summed E-state index contributed by atoms with van der Waals surface area (Å²) in [5, 5.41) is 3.77. The van der Waals surface area contributed by atoms with Gasteiger partial charge in [-0.3, -0.25) is 9.59 Å². The molecule has 0 bridgehead atoms. The molecule has 2 aromatic rings. The fourth-order valence-corrected chi connectivity index (χ4v) is 3.73. The number of nitrogens with one attached hydrogen (secondary N) is 1. The second-order valence-electron chi connectivity index (χ2n) is 6.60. The Morgan fingerprint density at radius 2 is 1.71 bits per heavy atom. The Balaban J connectivity index is 1.84. The maximum Gasteiger partial charge on any atom is 0.248 e. The van der Waals surface area contributed by atoms with Crippen LogP contribution in [-0.4, -0.2) is 24.9 Å². The highest BCUT2D eigenvalue weighted by atomic mass is 35.5. The van der Waals surface area contributed by atoms with E-state index in [4.69, 9.17) is 28.9 Å². The molecule has 0 aromatic heterocycles. The van der Waals surface area contributed by atoms with E-state index in [1.165, 1.54) is 12.5 Å². The van der Waals surface area contributed by atoms with Gasteiger partial charge in [-0.2, -0.15) is 0 Å². The van der Waals surface area contributed by atoms with Crippen LogP contribution in [0, 0.1) is 0 Å². The van der Waals surface area contributed by atoms with Gasteiger partial charge in [0.25, 0.3) is 0 Å². The second kappa shape index (κ2) is 9.13. The number of amides is 2. The highest BCUT2D eigenvalue weighted by Gasteiger charge is 2.17. The molecule has 0 radical (unpaired) electrons. The lowest BCUT2D eigenvalue weighted by molar-refractivity contribution is -0.111. The molecule has 1 aliphatic rings. The van der Waals surface area contributed by atoms with E-state index in [0.717, 1.165) is 31.6 Å². The van der Waals surface area contributed by atoms with Crippen molar-refractivity contribution >= 4 is 52.5 Å². The summed E-state index contributed by atoms with van der Waals surface area (Å²) in [4.78, 5) is 26.3. The normalized spacial score (nSPS) is 14.3. The van der Waals surface area contributed by atoms with Gasteiger partial charge in [0.05, 0.1) is 11.4 Å². The molecule has 1 fully saturated rings. The molecule has 1 heterocycles. The van der Waals surface area contributed by atoms with Crippen molar-refractivity contribution in [3.63, 3.8) is 0 Å². The lowest BCUT2D eigenvalue weighted by atomic mass is 10.1. The molecule has 28 heavy (non-hydrogen) atoms. The van der Waals surface area contributed by atoms with Crippen LogP contribution in [0.1, 0.15) is 35.2 Å². The van der Waals surface area contributed by atoms with Gasteiger partial charge in [0.15, 0.2) is 0 Å². The third-order valence-corrected chi connectivity index (χ3v) is 5.30. The number of primary amides is 1. The van der Waals surface area contributed by atoms with Crippen molar-refractivity contribution in [2.24, 2.45) is 5.73 Å². The van der Waals surface area contributed by atoms with Crippen LogP contribution in [0.4, 0.5) is 11.4 Å². The van der Waals surface area contributed by atoms with Gasteiger partial charge in [0.2, 0.25) is 11.8 Å². The number of hydrogen-bond acceptors (Lipinski definition) is 3. The number of hydrogen-bond donors (Lipinski definition) is 2. The number of rotatable bonds is 5. The first-order valence-corrected chi connectivity index (χ1v) is 9.83. The first-order valence-electron chi connectivity index (χ1n) is 9.07.